The minimum absolute atomic E-state index is 0.0118. The van der Waals surface area contributed by atoms with E-state index in [9.17, 15) is 5.11 Å². The minimum atomic E-state index is -0.240. The van der Waals surface area contributed by atoms with E-state index in [4.69, 9.17) is 4.74 Å². The first kappa shape index (κ1) is 14.4. The van der Waals surface area contributed by atoms with E-state index >= 15 is 0 Å². The Morgan fingerprint density at radius 2 is 1.85 bits per heavy atom. The lowest BCUT2D eigenvalue weighted by Crippen LogP contribution is -2.08. The summed E-state index contributed by atoms with van der Waals surface area (Å²) in [6, 6.07) is 7.04. The molecule has 0 radical (unpaired) electrons. The fourth-order valence-corrected chi connectivity index (χ4v) is 2.12. The highest BCUT2D eigenvalue weighted by Gasteiger charge is 2.21. The Bertz CT molecular complexity index is 577. The van der Waals surface area contributed by atoms with Gasteiger partial charge in [-0.1, -0.05) is 51.1 Å². The van der Waals surface area contributed by atoms with E-state index in [-0.39, 0.29) is 17.2 Å². The number of methoxy groups -OCH3 is 1. The Labute approximate surface area is 120 Å². The second kappa shape index (κ2) is 5.53. The van der Waals surface area contributed by atoms with Crippen LogP contribution in [-0.2, 0) is 4.74 Å². The van der Waals surface area contributed by atoms with Gasteiger partial charge in [0.1, 0.15) is 11.8 Å². The van der Waals surface area contributed by atoms with Crippen molar-refractivity contribution in [1.82, 2.24) is 0 Å². The van der Waals surface area contributed by atoms with Crippen molar-refractivity contribution in [3.63, 3.8) is 0 Å². The number of hydrogen-bond donors (Lipinski definition) is 1. The molecule has 1 atom stereocenters. The summed E-state index contributed by atoms with van der Waals surface area (Å²) in [5.41, 5.74) is 1.96. The molecular formula is C17H21NO2. The molecule has 20 heavy (non-hydrogen) atoms. The van der Waals surface area contributed by atoms with Gasteiger partial charge < -0.3 is 9.84 Å². The number of para-hydroxylation sites is 1. The summed E-state index contributed by atoms with van der Waals surface area (Å²) < 4.78 is 5.27. The number of aliphatic imine (C=N–C) groups is 1. The highest BCUT2D eigenvalue weighted by molar-refractivity contribution is 5.89. The zero-order valence-electron chi connectivity index (χ0n) is 12.4. The van der Waals surface area contributed by atoms with E-state index in [1.807, 2.05) is 30.4 Å². The van der Waals surface area contributed by atoms with Crippen molar-refractivity contribution >= 4 is 5.90 Å². The summed E-state index contributed by atoms with van der Waals surface area (Å²) in [6.45, 7) is 6.47. The van der Waals surface area contributed by atoms with E-state index in [0.29, 0.717) is 5.90 Å². The molecule has 2 rings (SSSR count). The molecule has 0 amide bonds. The molecule has 0 aliphatic carbocycles. The monoisotopic (exact) mass is 271 g/mol. The van der Waals surface area contributed by atoms with Gasteiger partial charge in [-0.3, -0.25) is 0 Å². The van der Waals surface area contributed by atoms with Gasteiger partial charge in [-0.05, 0) is 17.1 Å². The zero-order chi connectivity index (χ0) is 14.8. The molecule has 0 saturated carbocycles. The molecule has 0 fully saturated rings. The van der Waals surface area contributed by atoms with Crippen LogP contribution in [0.2, 0.25) is 0 Å². The first-order valence-electron chi connectivity index (χ1n) is 6.72. The molecule has 0 aromatic heterocycles. The van der Waals surface area contributed by atoms with Gasteiger partial charge in [0.15, 0.2) is 0 Å². The molecule has 1 aliphatic heterocycles. The van der Waals surface area contributed by atoms with Crippen LogP contribution in [0.1, 0.15) is 32.4 Å². The fourth-order valence-electron chi connectivity index (χ4n) is 2.12. The number of phenols is 1. The van der Waals surface area contributed by atoms with E-state index in [0.717, 1.165) is 5.56 Å². The predicted molar refractivity (Wildman–Crippen MR) is 82.0 cm³/mol. The summed E-state index contributed by atoms with van der Waals surface area (Å²) >= 11 is 0. The Kier molecular flexibility index (Phi) is 3.98. The van der Waals surface area contributed by atoms with E-state index in [1.54, 1.807) is 13.2 Å². The van der Waals surface area contributed by atoms with Crippen LogP contribution in [0.4, 0.5) is 0 Å². The smallest absolute Gasteiger partial charge is 0.209 e. The number of rotatable bonds is 1. The molecule has 3 heteroatoms. The largest absolute Gasteiger partial charge is 0.508 e. The third-order valence-corrected chi connectivity index (χ3v) is 3.34. The van der Waals surface area contributed by atoms with Gasteiger partial charge in [0, 0.05) is 11.6 Å². The molecule has 0 bridgehead atoms. The molecular weight excluding hydrogens is 250 g/mol. The normalized spacial score (nSPS) is 19.1. The van der Waals surface area contributed by atoms with Crippen LogP contribution in [-0.4, -0.2) is 18.1 Å². The number of allylic oxidation sites excluding steroid dienone is 2. The second-order valence-electron chi connectivity index (χ2n) is 5.88. The molecule has 1 aliphatic rings. The molecule has 1 heterocycles. The number of ether oxygens (including phenoxy) is 1. The van der Waals surface area contributed by atoms with Crippen LogP contribution in [0.5, 0.6) is 5.75 Å². The summed E-state index contributed by atoms with van der Waals surface area (Å²) in [5.74, 6) is 0.817. The number of aromatic hydroxyl groups is 1. The van der Waals surface area contributed by atoms with Crippen molar-refractivity contribution in [1.29, 1.82) is 0 Å². The summed E-state index contributed by atoms with van der Waals surface area (Å²) in [6.07, 6.45) is 5.98. The Balaban J connectivity index is 2.51. The van der Waals surface area contributed by atoms with Crippen LogP contribution >= 0.6 is 0 Å². The zero-order valence-corrected chi connectivity index (χ0v) is 12.4. The first-order valence-corrected chi connectivity index (χ1v) is 6.72. The average molecular weight is 271 g/mol. The number of benzene rings is 1. The van der Waals surface area contributed by atoms with Gasteiger partial charge in [0.25, 0.3) is 0 Å². The van der Waals surface area contributed by atoms with Crippen LogP contribution in [0.25, 0.3) is 0 Å². The topological polar surface area (TPSA) is 41.8 Å². The third-order valence-electron chi connectivity index (χ3n) is 3.34. The average Bonchev–Trinajstić information content (AvgIpc) is 2.61. The highest BCUT2D eigenvalue weighted by atomic mass is 16.5. The van der Waals surface area contributed by atoms with E-state index in [2.05, 4.69) is 31.8 Å². The maximum atomic E-state index is 10.0. The molecule has 3 nitrogen and oxygen atoms in total. The molecule has 1 N–H and O–H groups in total. The number of phenolic OH excluding ortho intramolecular Hbond substituents is 1. The first-order chi connectivity index (χ1) is 9.41. The molecule has 1 aromatic carbocycles. The number of nitrogens with zero attached hydrogens (tertiary/aromatic N) is 1. The SMILES string of the molecule is COC1=NC(c2ccccc2O)C=C(C(C)(C)C)C=C1. The van der Waals surface area contributed by atoms with Gasteiger partial charge >= 0.3 is 0 Å². The summed E-state index contributed by atoms with van der Waals surface area (Å²) in [7, 11) is 1.60. The van der Waals surface area contributed by atoms with E-state index < -0.39 is 0 Å². The lowest BCUT2D eigenvalue weighted by molar-refractivity contribution is 0.402. The quantitative estimate of drug-likeness (QED) is 0.838. The Morgan fingerprint density at radius 3 is 2.45 bits per heavy atom. The van der Waals surface area contributed by atoms with Crippen molar-refractivity contribution < 1.29 is 9.84 Å². The van der Waals surface area contributed by atoms with Gasteiger partial charge in [0.2, 0.25) is 5.90 Å². The summed E-state index contributed by atoms with van der Waals surface area (Å²) in [4.78, 5) is 4.56. The van der Waals surface area contributed by atoms with Crippen LogP contribution in [0.3, 0.4) is 0 Å². The number of hydrogen-bond acceptors (Lipinski definition) is 3. The summed E-state index contributed by atoms with van der Waals surface area (Å²) in [5, 5.41) is 10.0. The van der Waals surface area contributed by atoms with Gasteiger partial charge in [0.05, 0.1) is 7.11 Å². The molecule has 0 spiro atoms. The predicted octanol–water partition coefficient (Wildman–Crippen LogP) is 4.02. The lowest BCUT2D eigenvalue weighted by Gasteiger charge is -2.21. The van der Waals surface area contributed by atoms with Crippen LogP contribution < -0.4 is 0 Å². The van der Waals surface area contributed by atoms with Gasteiger partial charge in [-0.25, -0.2) is 4.99 Å². The van der Waals surface area contributed by atoms with Crippen molar-refractivity contribution in [2.45, 2.75) is 26.8 Å². The van der Waals surface area contributed by atoms with Gasteiger partial charge in [-0.15, -0.1) is 0 Å². The lowest BCUT2D eigenvalue weighted by atomic mass is 9.84. The maximum absolute atomic E-state index is 10.0. The third kappa shape index (κ3) is 3.10. The van der Waals surface area contributed by atoms with E-state index in [1.165, 1.54) is 5.57 Å². The standard InChI is InChI=1S/C17H21NO2/c1-17(2,3)12-9-10-16(20-4)18-14(11-12)13-7-5-6-8-15(13)19/h5-11,14,19H,1-4H3. The Morgan fingerprint density at radius 1 is 1.15 bits per heavy atom. The van der Waals surface area contributed by atoms with Crippen LogP contribution in [0, 0.1) is 5.41 Å². The van der Waals surface area contributed by atoms with Crippen molar-refractivity contribution in [3.8, 4) is 5.75 Å². The maximum Gasteiger partial charge on any atom is 0.209 e. The Hall–Kier alpha value is -2.03. The fraction of sp³-hybridized carbons (Fsp3) is 0.353. The van der Waals surface area contributed by atoms with Crippen LogP contribution in [0.15, 0.2) is 53.1 Å². The van der Waals surface area contributed by atoms with Crippen molar-refractivity contribution in [2.75, 3.05) is 7.11 Å². The highest BCUT2D eigenvalue weighted by Crippen LogP contribution is 2.35. The molecule has 1 unspecified atom stereocenters. The van der Waals surface area contributed by atoms with Gasteiger partial charge in [-0.2, -0.15) is 0 Å². The second-order valence-corrected chi connectivity index (χ2v) is 5.88. The van der Waals surface area contributed by atoms with Crippen molar-refractivity contribution in [3.05, 3.63) is 53.6 Å². The molecule has 106 valence electrons. The molecule has 1 aromatic rings. The molecule has 0 saturated heterocycles. The minimum Gasteiger partial charge on any atom is -0.508 e. The van der Waals surface area contributed by atoms with Crippen molar-refractivity contribution in [2.24, 2.45) is 10.4 Å².